The van der Waals surface area contributed by atoms with Gasteiger partial charge in [-0.3, -0.25) is 4.79 Å². The molecule has 0 saturated carbocycles. The first-order chi connectivity index (χ1) is 10.2. The summed E-state index contributed by atoms with van der Waals surface area (Å²) in [6, 6.07) is 5.43. The van der Waals surface area contributed by atoms with E-state index < -0.39 is 5.97 Å². The molecular weight excluding hydrogens is 270 g/mol. The predicted molar refractivity (Wildman–Crippen MR) is 74.6 cm³/mol. The lowest BCUT2D eigenvalue weighted by molar-refractivity contribution is 0.0515. The molecule has 0 spiro atoms. The van der Waals surface area contributed by atoms with Gasteiger partial charge in [-0.2, -0.15) is 5.10 Å². The summed E-state index contributed by atoms with van der Waals surface area (Å²) in [5.74, 6) is -0.0147. The van der Waals surface area contributed by atoms with E-state index in [2.05, 4.69) is 10.1 Å². The monoisotopic (exact) mass is 285 g/mol. The zero-order valence-electron chi connectivity index (χ0n) is 11.7. The van der Waals surface area contributed by atoms with E-state index in [0.717, 1.165) is 12.1 Å². The Morgan fingerprint density at radius 1 is 1.38 bits per heavy atom. The van der Waals surface area contributed by atoms with Crippen molar-refractivity contribution in [2.75, 3.05) is 6.61 Å². The summed E-state index contributed by atoms with van der Waals surface area (Å²) in [6.07, 6.45) is 3.54. The van der Waals surface area contributed by atoms with Crippen LogP contribution in [0.15, 0.2) is 24.4 Å². The van der Waals surface area contributed by atoms with Crippen molar-refractivity contribution in [1.29, 1.82) is 0 Å². The highest BCUT2D eigenvalue weighted by atomic mass is 16.5. The maximum absolute atomic E-state index is 12.2. The summed E-state index contributed by atoms with van der Waals surface area (Å²) in [5, 5.41) is 4.29. The number of hydrogen-bond donors (Lipinski definition) is 0. The lowest BCUT2D eigenvalue weighted by atomic mass is 9.94. The molecule has 2 heterocycles. The van der Waals surface area contributed by atoms with Crippen LogP contribution >= 0.6 is 0 Å². The number of Topliss-reactive ketones (excluding diaryl/α,β-unsaturated/α-hetero) is 1. The molecule has 0 atom stereocenters. The Balaban J connectivity index is 2.16. The fourth-order valence-corrected chi connectivity index (χ4v) is 2.53. The van der Waals surface area contributed by atoms with Gasteiger partial charge in [-0.1, -0.05) is 6.07 Å². The second-order valence-corrected chi connectivity index (χ2v) is 4.77. The Hall–Kier alpha value is -2.50. The Morgan fingerprint density at radius 3 is 2.95 bits per heavy atom. The Morgan fingerprint density at radius 2 is 2.24 bits per heavy atom. The van der Waals surface area contributed by atoms with Crippen LogP contribution in [0.25, 0.3) is 5.82 Å². The van der Waals surface area contributed by atoms with Crippen molar-refractivity contribution in [3.05, 3.63) is 41.3 Å². The van der Waals surface area contributed by atoms with Crippen LogP contribution in [0, 0.1) is 0 Å². The van der Waals surface area contributed by atoms with Gasteiger partial charge < -0.3 is 4.74 Å². The maximum Gasteiger partial charge on any atom is 0.359 e. The number of esters is 1. The van der Waals surface area contributed by atoms with Gasteiger partial charge in [-0.15, -0.1) is 0 Å². The quantitative estimate of drug-likeness (QED) is 0.806. The molecule has 3 rings (SSSR count). The minimum Gasteiger partial charge on any atom is -0.461 e. The van der Waals surface area contributed by atoms with E-state index in [4.69, 9.17) is 4.74 Å². The van der Waals surface area contributed by atoms with Crippen molar-refractivity contribution in [1.82, 2.24) is 14.8 Å². The largest absolute Gasteiger partial charge is 0.461 e. The molecule has 108 valence electrons. The molecule has 0 amide bonds. The summed E-state index contributed by atoms with van der Waals surface area (Å²) in [7, 11) is 0. The highest BCUT2D eigenvalue weighted by Crippen LogP contribution is 2.26. The highest BCUT2D eigenvalue weighted by molar-refractivity contribution is 6.07. The molecule has 0 unspecified atom stereocenters. The molecule has 6 heteroatoms. The van der Waals surface area contributed by atoms with Crippen LogP contribution < -0.4 is 0 Å². The number of hydrogen-bond acceptors (Lipinski definition) is 5. The zero-order chi connectivity index (χ0) is 14.8. The fraction of sp³-hybridized carbons (Fsp3) is 0.333. The van der Waals surface area contributed by atoms with E-state index in [9.17, 15) is 9.59 Å². The lowest BCUT2D eigenvalue weighted by Crippen LogP contribution is -2.16. The molecule has 21 heavy (non-hydrogen) atoms. The molecule has 0 N–H and O–H groups in total. The second-order valence-electron chi connectivity index (χ2n) is 4.77. The minimum atomic E-state index is -0.557. The van der Waals surface area contributed by atoms with E-state index in [0.29, 0.717) is 24.2 Å². The third-order valence-electron chi connectivity index (χ3n) is 3.41. The number of fused-ring (bicyclic) bond motifs is 1. The second kappa shape index (κ2) is 5.47. The Bertz CT molecular complexity index is 692. The van der Waals surface area contributed by atoms with Gasteiger partial charge >= 0.3 is 5.97 Å². The standard InChI is InChI=1S/C15H15N3O3/c1-2-21-15(20)14-13-10(6-5-7-11(13)19)18(17-14)12-8-3-4-9-16-12/h3-4,8-9H,2,5-7H2,1H3. The number of ketones is 1. The molecule has 0 aliphatic heterocycles. The smallest absolute Gasteiger partial charge is 0.359 e. The van der Waals surface area contributed by atoms with Gasteiger partial charge in [0.05, 0.1) is 17.9 Å². The highest BCUT2D eigenvalue weighted by Gasteiger charge is 2.31. The van der Waals surface area contributed by atoms with Crippen LogP contribution in [-0.4, -0.2) is 33.1 Å². The molecule has 1 aliphatic carbocycles. The molecule has 0 radical (unpaired) electrons. The van der Waals surface area contributed by atoms with Gasteiger partial charge in [0.2, 0.25) is 0 Å². The summed E-state index contributed by atoms with van der Waals surface area (Å²) in [5.41, 5.74) is 1.24. The number of rotatable bonds is 3. The van der Waals surface area contributed by atoms with Crippen molar-refractivity contribution in [3.63, 3.8) is 0 Å². The minimum absolute atomic E-state index is 0.0542. The van der Waals surface area contributed by atoms with Crippen molar-refractivity contribution < 1.29 is 14.3 Å². The zero-order valence-corrected chi connectivity index (χ0v) is 11.7. The number of carbonyl (C=O) groups is 2. The van der Waals surface area contributed by atoms with Gasteiger partial charge in [0.15, 0.2) is 17.3 Å². The van der Waals surface area contributed by atoms with Gasteiger partial charge in [-0.25, -0.2) is 14.5 Å². The maximum atomic E-state index is 12.2. The van der Waals surface area contributed by atoms with Gasteiger partial charge in [0.1, 0.15) is 0 Å². The summed E-state index contributed by atoms with van der Waals surface area (Å²) >= 11 is 0. The Labute approximate surface area is 121 Å². The molecule has 0 aromatic carbocycles. The van der Waals surface area contributed by atoms with E-state index in [1.807, 2.05) is 6.07 Å². The summed E-state index contributed by atoms with van der Waals surface area (Å²) < 4.78 is 6.59. The number of carbonyl (C=O) groups excluding carboxylic acids is 2. The van der Waals surface area contributed by atoms with Crippen molar-refractivity contribution in [3.8, 4) is 5.82 Å². The van der Waals surface area contributed by atoms with E-state index >= 15 is 0 Å². The topological polar surface area (TPSA) is 74.1 Å². The normalized spacial score (nSPS) is 13.9. The van der Waals surface area contributed by atoms with Crippen LogP contribution in [0.4, 0.5) is 0 Å². The van der Waals surface area contributed by atoms with Crippen LogP contribution in [0.1, 0.15) is 46.3 Å². The van der Waals surface area contributed by atoms with Crippen LogP contribution in [0.5, 0.6) is 0 Å². The number of aromatic nitrogens is 3. The van der Waals surface area contributed by atoms with E-state index in [-0.39, 0.29) is 18.1 Å². The average molecular weight is 285 g/mol. The third-order valence-corrected chi connectivity index (χ3v) is 3.41. The molecule has 0 bridgehead atoms. The Kier molecular flexibility index (Phi) is 3.51. The van der Waals surface area contributed by atoms with E-state index in [1.54, 1.807) is 29.9 Å². The van der Waals surface area contributed by atoms with Gasteiger partial charge in [-0.05, 0) is 31.9 Å². The van der Waals surface area contributed by atoms with Crippen LogP contribution in [0.3, 0.4) is 0 Å². The predicted octanol–water partition coefficient (Wildman–Crippen LogP) is 1.96. The molecule has 2 aromatic rings. The van der Waals surface area contributed by atoms with Crippen molar-refractivity contribution in [2.24, 2.45) is 0 Å². The lowest BCUT2D eigenvalue weighted by Gasteiger charge is -2.12. The first kappa shape index (κ1) is 13.5. The van der Waals surface area contributed by atoms with Gasteiger partial charge in [0.25, 0.3) is 0 Å². The first-order valence-corrected chi connectivity index (χ1v) is 6.96. The number of pyridine rings is 1. The molecule has 0 saturated heterocycles. The SMILES string of the molecule is CCOC(=O)c1nn(-c2ccccn2)c2c1C(=O)CCC2. The molecular formula is C15H15N3O3. The first-order valence-electron chi connectivity index (χ1n) is 6.96. The third kappa shape index (κ3) is 2.33. The van der Waals surface area contributed by atoms with E-state index in [1.165, 1.54) is 0 Å². The molecule has 2 aromatic heterocycles. The summed E-state index contributed by atoms with van der Waals surface area (Å²) in [4.78, 5) is 28.5. The van der Waals surface area contributed by atoms with Crippen LogP contribution in [0.2, 0.25) is 0 Å². The van der Waals surface area contributed by atoms with Crippen molar-refractivity contribution in [2.45, 2.75) is 26.2 Å². The molecule has 1 aliphatic rings. The molecule has 6 nitrogen and oxygen atoms in total. The molecule has 0 fully saturated rings. The van der Waals surface area contributed by atoms with Crippen LogP contribution in [-0.2, 0) is 11.2 Å². The number of ether oxygens (including phenoxy) is 1. The van der Waals surface area contributed by atoms with Crippen molar-refractivity contribution >= 4 is 11.8 Å². The fourth-order valence-electron chi connectivity index (χ4n) is 2.53. The van der Waals surface area contributed by atoms with Gasteiger partial charge in [0, 0.05) is 12.6 Å². The average Bonchev–Trinajstić information content (AvgIpc) is 2.89. The number of nitrogens with zero attached hydrogens (tertiary/aromatic N) is 3. The summed E-state index contributed by atoms with van der Waals surface area (Å²) in [6.45, 7) is 1.97.